The van der Waals surface area contributed by atoms with Crippen LogP contribution in [0.15, 0.2) is 30.3 Å². The topological polar surface area (TPSA) is 74.7 Å². The molecule has 1 aromatic rings. The molecule has 0 bridgehead atoms. The minimum atomic E-state index is -3.53. The standard InChI is InChI=1S/C17H25NO4S/c19-17(20)14-23(21,22)13-12-18(16-8-4-5-9-16)11-10-15-6-2-1-3-7-15/h1-3,6-7,16H,4-5,8-14H2,(H,19,20). The van der Waals surface area contributed by atoms with Crippen LogP contribution in [-0.4, -0.2) is 55.0 Å². The van der Waals surface area contributed by atoms with Gasteiger partial charge in [-0.05, 0) is 24.8 Å². The molecule has 6 heteroatoms. The lowest BCUT2D eigenvalue weighted by Gasteiger charge is -2.28. The molecule has 1 aliphatic rings. The van der Waals surface area contributed by atoms with Gasteiger partial charge in [0.15, 0.2) is 9.84 Å². The van der Waals surface area contributed by atoms with Crippen LogP contribution in [0.1, 0.15) is 31.2 Å². The Morgan fingerprint density at radius 3 is 2.39 bits per heavy atom. The van der Waals surface area contributed by atoms with Crippen molar-refractivity contribution in [2.24, 2.45) is 0 Å². The van der Waals surface area contributed by atoms with E-state index in [2.05, 4.69) is 17.0 Å². The fourth-order valence-corrected chi connectivity index (χ4v) is 4.21. The molecule has 0 spiro atoms. The van der Waals surface area contributed by atoms with Crippen molar-refractivity contribution >= 4 is 15.8 Å². The van der Waals surface area contributed by atoms with Crippen molar-refractivity contribution in [1.29, 1.82) is 0 Å². The van der Waals surface area contributed by atoms with E-state index in [-0.39, 0.29) is 5.75 Å². The third-order valence-electron chi connectivity index (χ3n) is 4.40. The molecule has 0 aliphatic heterocycles. The Bertz CT molecular complexity index is 594. The predicted octanol–water partition coefficient (Wildman–Crippen LogP) is 1.97. The molecule has 1 N–H and O–H groups in total. The molecule has 23 heavy (non-hydrogen) atoms. The molecule has 128 valence electrons. The number of hydrogen-bond acceptors (Lipinski definition) is 4. The number of carboxylic acids is 1. The first-order valence-electron chi connectivity index (χ1n) is 8.16. The van der Waals surface area contributed by atoms with E-state index in [0.29, 0.717) is 12.6 Å². The maximum atomic E-state index is 11.8. The number of aliphatic carboxylic acids is 1. The highest BCUT2D eigenvalue weighted by Crippen LogP contribution is 2.23. The summed E-state index contributed by atoms with van der Waals surface area (Å²) in [5.74, 6) is -2.13. The lowest BCUT2D eigenvalue weighted by atomic mass is 10.1. The van der Waals surface area contributed by atoms with E-state index >= 15 is 0 Å². The fourth-order valence-electron chi connectivity index (χ4n) is 3.18. The zero-order valence-corrected chi connectivity index (χ0v) is 14.2. The summed E-state index contributed by atoms with van der Waals surface area (Å²) in [5, 5.41) is 8.69. The summed E-state index contributed by atoms with van der Waals surface area (Å²) in [6, 6.07) is 10.6. The molecule has 5 nitrogen and oxygen atoms in total. The molecule has 0 saturated heterocycles. The van der Waals surface area contributed by atoms with Crippen molar-refractivity contribution in [3.63, 3.8) is 0 Å². The van der Waals surface area contributed by atoms with Crippen LogP contribution in [-0.2, 0) is 21.1 Å². The first-order valence-corrected chi connectivity index (χ1v) is 9.98. The number of sulfone groups is 1. The van der Waals surface area contributed by atoms with E-state index in [1.165, 1.54) is 18.4 Å². The van der Waals surface area contributed by atoms with Crippen molar-refractivity contribution in [2.45, 2.75) is 38.1 Å². The zero-order valence-electron chi connectivity index (χ0n) is 13.4. The van der Waals surface area contributed by atoms with Gasteiger partial charge in [0.25, 0.3) is 0 Å². The van der Waals surface area contributed by atoms with E-state index in [4.69, 9.17) is 5.11 Å². The molecule has 1 saturated carbocycles. The highest BCUT2D eigenvalue weighted by atomic mass is 32.2. The predicted molar refractivity (Wildman–Crippen MR) is 90.3 cm³/mol. The molecule has 2 rings (SSSR count). The largest absolute Gasteiger partial charge is 0.480 e. The molecule has 0 atom stereocenters. The average Bonchev–Trinajstić information content (AvgIpc) is 3.01. The molecule has 0 radical (unpaired) electrons. The SMILES string of the molecule is O=C(O)CS(=O)(=O)CCN(CCc1ccccc1)C1CCCC1. The van der Waals surface area contributed by atoms with E-state index < -0.39 is 21.6 Å². The molecule has 0 aromatic heterocycles. The second-order valence-electron chi connectivity index (χ2n) is 6.20. The van der Waals surface area contributed by atoms with Crippen molar-refractivity contribution < 1.29 is 18.3 Å². The molecule has 0 amide bonds. The van der Waals surface area contributed by atoms with Crippen LogP contribution in [0.2, 0.25) is 0 Å². The molecule has 1 aliphatic carbocycles. The van der Waals surface area contributed by atoms with E-state index in [1.54, 1.807) is 0 Å². The highest BCUT2D eigenvalue weighted by molar-refractivity contribution is 7.92. The number of benzene rings is 1. The summed E-state index contributed by atoms with van der Waals surface area (Å²) >= 11 is 0. The van der Waals surface area contributed by atoms with Crippen LogP contribution in [0.3, 0.4) is 0 Å². The molecular weight excluding hydrogens is 314 g/mol. The molecule has 0 heterocycles. The first kappa shape index (κ1) is 17.9. The van der Waals surface area contributed by atoms with E-state index in [1.807, 2.05) is 18.2 Å². The monoisotopic (exact) mass is 339 g/mol. The minimum Gasteiger partial charge on any atom is -0.480 e. The first-order chi connectivity index (χ1) is 11.0. The van der Waals surface area contributed by atoms with Gasteiger partial charge in [-0.15, -0.1) is 0 Å². The summed E-state index contributed by atoms with van der Waals surface area (Å²) in [7, 11) is -3.53. The van der Waals surface area contributed by atoms with Gasteiger partial charge in [0.05, 0.1) is 5.75 Å². The Morgan fingerprint density at radius 1 is 1.13 bits per heavy atom. The number of nitrogens with zero attached hydrogens (tertiary/aromatic N) is 1. The zero-order chi connectivity index (χ0) is 16.7. The molecule has 1 aromatic carbocycles. The summed E-state index contributed by atoms with van der Waals surface area (Å²) in [6.45, 7) is 1.24. The van der Waals surface area contributed by atoms with Crippen molar-refractivity contribution in [1.82, 2.24) is 4.90 Å². The summed E-state index contributed by atoms with van der Waals surface area (Å²) in [6.07, 6.45) is 5.47. The van der Waals surface area contributed by atoms with Crippen molar-refractivity contribution in [3.05, 3.63) is 35.9 Å². The number of hydrogen-bond donors (Lipinski definition) is 1. The molecular formula is C17H25NO4S. The summed E-state index contributed by atoms with van der Waals surface area (Å²) in [5.41, 5.74) is 1.24. The Hall–Kier alpha value is -1.40. The third kappa shape index (κ3) is 6.31. The lowest BCUT2D eigenvalue weighted by molar-refractivity contribution is -0.134. The van der Waals surface area contributed by atoms with Gasteiger partial charge in [-0.2, -0.15) is 0 Å². The number of carboxylic acid groups (broad SMARTS) is 1. The van der Waals surface area contributed by atoms with Gasteiger partial charge in [0, 0.05) is 19.1 Å². The Balaban J connectivity index is 1.93. The van der Waals surface area contributed by atoms with Crippen LogP contribution in [0.4, 0.5) is 0 Å². The van der Waals surface area contributed by atoms with E-state index in [0.717, 1.165) is 25.8 Å². The maximum absolute atomic E-state index is 11.8. The normalized spacial score (nSPS) is 16.0. The second kappa shape index (κ2) is 8.45. The lowest BCUT2D eigenvalue weighted by Crippen LogP contribution is -2.39. The second-order valence-corrected chi connectivity index (χ2v) is 8.38. The van der Waals surface area contributed by atoms with Gasteiger partial charge in [0.2, 0.25) is 0 Å². The summed E-state index contributed by atoms with van der Waals surface area (Å²) in [4.78, 5) is 12.9. The van der Waals surface area contributed by atoms with Gasteiger partial charge in [-0.3, -0.25) is 9.69 Å². The fraction of sp³-hybridized carbons (Fsp3) is 0.588. The maximum Gasteiger partial charge on any atom is 0.318 e. The van der Waals surface area contributed by atoms with Gasteiger partial charge in [-0.25, -0.2) is 8.42 Å². The van der Waals surface area contributed by atoms with Gasteiger partial charge < -0.3 is 5.11 Å². The highest BCUT2D eigenvalue weighted by Gasteiger charge is 2.24. The van der Waals surface area contributed by atoms with Gasteiger partial charge >= 0.3 is 5.97 Å². The van der Waals surface area contributed by atoms with Crippen LogP contribution < -0.4 is 0 Å². The minimum absolute atomic E-state index is 0.0788. The average molecular weight is 339 g/mol. The van der Waals surface area contributed by atoms with Crippen LogP contribution >= 0.6 is 0 Å². The van der Waals surface area contributed by atoms with Crippen LogP contribution in [0.25, 0.3) is 0 Å². The van der Waals surface area contributed by atoms with Gasteiger partial charge in [0.1, 0.15) is 5.75 Å². The van der Waals surface area contributed by atoms with Crippen molar-refractivity contribution in [2.75, 3.05) is 24.6 Å². The third-order valence-corrected chi connectivity index (χ3v) is 5.90. The van der Waals surface area contributed by atoms with Crippen LogP contribution in [0, 0.1) is 0 Å². The quantitative estimate of drug-likeness (QED) is 0.744. The smallest absolute Gasteiger partial charge is 0.318 e. The van der Waals surface area contributed by atoms with Crippen molar-refractivity contribution in [3.8, 4) is 0 Å². The molecule has 0 unspecified atom stereocenters. The Kier molecular flexibility index (Phi) is 6.59. The Labute approximate surface area is 138 Å². The number of rotatable bonds is 9. The summed E-state index contributed by atoms with van der Waals surface area (Å²) < 4.78 is 23.7. The molecule has 1 fully saturated rings. The van der Waals surface area contributed by atoms with E-state index in [9.17, 15) is 13.2 Å². The van der Waals surface area contributed by atoms with Gasteiger partial charge in [-0.1, -0.05) is 43.2 Å². The Morgan fingerprint density at radius 2 is 1.78 bits per heavy atom. The number of carbonyl (C=O) groups is 1. The van der Waals surface area contributed by atoms with Crippen LogP contribution in [0.5, 0.6) is 0 Å².